The predicted octanol–water partition coefficient (Wildman–Crippen LogP) is 1.97. The number of amides is 1. The first-order valence-corrected chi connectivity index (χ1v) is 4.41. The molecule has 0 saturated heterocycles. The molecule has 0 heterocycles. The second-order valence-electron chi connectivity index (χ2n) is 2.80. The van der Waals surface area contributed by atoms with Gasteiger partial charge in [0, 0.05) is 12.6 Å². The third-order valence-corrected chi connectivity index (χ3v) is 1.61. The molecule has 1 rings (SSSR count). The molecule has 0 aliphatic carbocycles. The van der Waals surface area contributed by atoms with E-state index in [4.69, 9.17) is 5.26 Å². The topological polar surface area (TPSA) is 62.1 Å². The van der Waals surface area contributed by atoms with Crippen molar-refractivity contribution in [2.24, 2.45) is 0 Å². The van der Waals surface area contributed by atoms with Crippen LogP contribution in [0.25, 0.3) is 0 Å². The van der Waals surface area contributed by atoms with Gasteiger partial charge in [-0.05, 0) is 12.1 Å². The van der Waals surface area contributed by atoms with E-state index in [-0.39, 0.29) is 18.7 Å². The fourth-order valence-corrected chi connectivity index (χ4v) is 0.904. The number of carbonyl (C=O) groups is 1. The summed E-state index contributed by atoms with van der Waals surface area (Å²) in [6, 6.07) is 4.57. The summed E-state index contributed by atoms with van der Waals surface area (Å²) in [6.07, 6.45) is -0.673. The Kier molecular flexibility index (Phi) is 4.21. The molecule has 84 valence electrons. The molecule has 16 heavy (non-hydrogen) atoms. The minimum Gasteiger partial charge on any atom is -0.410 e. The van der Waals surface area contributed by atoms with Gasteiger partial charge in [-0.3, -0.25) is 0 Å². The zero-order valence-corrected chi connectivity index (χ0v) is 8.17. The van der Waals surface area contributed by atoms with Crippen LogP contribution in [0.2, 0.25) is 0 Å². The highest BCUT2D eigenvalue weighted by molar-refractivity contribution is 5.70. The molecule has 6 heteroatoms. The van der Waals surface area contributed by atoms with E-state index in [2.05, 4.69) is 10.1 Å². The number of nitriles is 1. The molecule has 1 aromatic rings. The van der Waals surface area contributed by atoms with Crippen molar-refractivity contribution in [3.8, 4) is 11.8 Å². The molecule has 0 aliphatic rings. The highest BCUT2D eigenvalue weighted by Gasteiger charge is 2.07. The average molecular weight is 226 g/mol. The van der Waals surface area contributed by atoms with E-state index in [0.717, 1.165) is 18.2 Å². The lowest BCUT2D eigenvalue weighted by atomic mass is 10.3. The average Bonchev–Trinajstić information content (AvgIpc) is 2.24. The number of hydrogen-bond acceptors (Lipinski definition) is 3. The largest absolute Gasteiger partial charge is 0.412 e. The van der Waals surface area contributed by atoms with Crippen molar-refractivity contribution in [2.45, 2.75) is 6.42 Å². The number of carbonyl (C=O) groups excluding carboxylic acids is 1. The molecule has 0 radical (unpaired) electrons. The molecule has 1 amide bonds. The third-order valence-electron chi connectivity index (χ3n) is 1.61. The lowest BCUT2D eigenvalue weighted by Gasteiger charge is -2.04. The summed E-state index contributed by atoms with van der Waals surface area (Å²) in [5, 5.41) is 10.5. The van der Waals surface area contributed by atoms with Crippen LogP contribution in [0.15, 0.2) is 18.2 Å². The van der Waals surface area contributed by atoms with Gasteiger partial charge in [0.25, 0.3) is 0 Å². The number of ether oxygens (including phenoxy) is 1. The van der Waals surface area contributed by atoms with Crippen LogP contribution < -0.4 is 10.1 Å². The number of benzene rings is 1. The van der Waals surface area contributed by atoms with Crippen molar-refractivity contribution in [3.63, 3.8) is 0 Å². The maximum absolute atomic E-state index is 12.7. The summed E-state index contributed by atoms with van der Waals surface area (Å²) in [7, 11) is 0. The zero-order valence-electron chi connectivity index (χ0n) is 8.17. The minimum absolute atomic E-state index is 0.103. The summed E-state index contributed by atoms with van der Waals surface area (Å²) >= 11 is 0. The third kappa shape index (κ3) is 3.53. The Bertz CT molecular complexity index is 429. The fourth-order valence-electron chi connectivity index (χ4n) is 0.904. The maximum Gasteiger partial charge on any atom is 0.412 e. The van der Waals surface area contributed by atoms with Crippen molar-refractivity contribution < 1.29 is 18.3 Å². The molecule has 1 aromatic carbocycles. The van der Waals surface area contributed by atoms with Crippen LogP contribution in [0.4, 0.5) is 13.6 Å². The van der Waals surface area contributed by atoms with Crippen molar-refractivity contribution in [2.75, 3.05) is 6.54 Å². The van der Waals surface area contributed by atoms with Crippen LogP contribution in [0, 0.1) is 23.0 Å². The molecule has 0 bridgehead atoms. The molecule has 1 N–H and O–H groups in total. The SMILES string of the molecule is N#CCCNC(=O)Oc1ccc(F)c(F)c1. The maximum atomic E-state index is 12.7. The van der Waals surface area contributed by atoms with Gasteiger partial charge in [0.15, 0.2) is 11.6 Å². The molecule has 4 nitrogen and oxygen atoms in total. The Labute approximate surface area is 90.4 Å². The summed E-state index contributed by atoms with van der Waals surface area (Å²) in [6.45, 7) is 0.138. The number of halogens is 2. The van der Waals surface area contributed by atoms with Gasteiger partial charge in [-0.15, -0.1) is 0 Å². The normalized spacial score (nSPS) is 9.31. The van der Waals surface area contributed by atoms with Crippen LogP contribution in [-0.2, 0) is 0 Å². The molecule has 0 atom stereocenters. The molecular weight excluding hydrogens is 218 g/mol. The lowest BCUT2D eigenvalue weighted by Crippen LogP contribution is -2.27. The first-order chi connectivity index (χ1) is 7.63. The summed E-state index contributed by atoms with van der Waals surface area (Å²) in [5.41, 5.74) is 0. The van der Waals surface area contributed by atoms with E-state index in [1.165, 1.54) is 0 Å². The van der Waals surface area contributed by atoms with Crippen molar-refractivity contribution in [1.29, 1.82) is 5.26 Å². The van der Waals surface area contributed by atoms with E-state index in [1.807, 2.05) is 6.07 Å². The Morgan fingerprint density at radius 3 is 2.81 bits per heavy atom. The number of nitrogens with zero attached hydrogens (tertiary/aromatic N) is 1. The molecule has 0 unspecified atom stereocenters. The quantitative estimate of drug-likeness (QED) is 0.801. The van der Waals surface area contributed by atoms with Gasteiger partial charge in [0.1, 0.15) is 5.75 Å². The summed E-state index contributed by atoms with van der Waals surface area (Å²) in [5.74, 6) is -2.21. The first-order valence-electron chi connectivity index (χ1n) is 4.41. The standard InChI is InChI=1S/C10H8F2N2O2/c11-8-3-2-7(6-9(8)12)16-10(15)14-5-1-4-13/h2-3,6H,1,5H2,(H,14,15). The molecule has 0 aliphatic heterocycles. The van der Waals surface area contributed by atoms with Gasteiger partial charge in [0.05, 0.1) is 12.5 Å². The first kappa shape index (κ1) is 11.9. The second-order valence-corrected chi connectivity index (χ2v) is 2.80. The van der Waals surface area contributed by atoms with Crippen LogP contribution in [0.1, 0.15) is 6.42 Å². The minimum atomic E-state index is -1.10. The number of nitrogens with one attached hydrogen (secondary N) is 1. The predicted molar refractivity (Wildman–Crippen MR) is 50.6 cm³/mol. The molecule has 0 saturated carbocycles. The summed E-state index contributed by atoms with van der Waals surface area (Å²) in [4.78, 5) is 11.0. The molecule has 0 spiro atoms. The van der Waals surface area contributed by atoms with Gasteiger partial charge in [-0.25, -0.2) is 13.6 Å². The Morgan fingerprint density at radius 1 is 1.44 bits per heavy atom. The van der Waals surface area contributed by atoms with Gasteiger partial charge >= 0.3 is 6.09 Å². The van der Waals surface area contributed by atoms with Crippen molar-refractivity contribution >= 4 is 6.09 Å². The van der Waals surface area contributed by atoms with Gasteiger partial charge in [-0.2, -0.15) is 5.26 Å². The van der Waals surface area contributed by atoms with Crippen molar-refractivity contribution in [1.82, 2.24) is 5.32 Å². The molecule has 0 fully saturated rings. The van der Waals surface area contributed by atoms with Crippen LogP contribution in [0.3, 0.4) is 0 Å². The van der Waals surface area contributed by atoms with E-state index < -0.39 is 17.7 Å². The highest BCUT2D eigenvalue weighted by Crippen LogP contribution is 2.15. The van der Waals surface area contributed by atoms with Gasteiger partial charge < -0.3 is 10.1 Å². The zero-order chi connectivity index (χ0) is 12.0. The fraction of sp³-hybridized carbons (Fsp3) is 0.200. The van der Waals surface area contributed by atoms with E-state index in [0.29, 0.717) is 0 Å². The monoisotopic (exact) mass is 226 g/mol. The lowest BCUT2D eigenvalue weighted by molar-refractivity contribution is 0.200. The van der Waals surface area contributed by atoms with E-state index >= 15 is 0 Å². The van der Waals surface area contributed by atoms with Gasteiger partial charge in [0.2, 0.25) is 0 Å². The van der Waals surface area contributed by atoms with E-state index in [9.17, 15) is 13.6 Å². The summed E-state index contributed by atoms with van der Waals surface area (Å²) < 4.78 is 29.9. The van der Waals surface area contributed by atoms with Crippen LogP contribution in [-0.4, -0.2) is 12.6 Å². The highest BCUT2D eigenvalue weighted by atomic mass is 19.2. The Balaban J connectivity index is 2.50. The Hall–Kier alpha value is -2.16. The van der Waals surface area contributed by atoms with E-state index in [1.54, 1.807) is 0 Å². The Morgan fingerprint density at radius 2 is 2.19 bits per heavy atom. The number of rotatable bonds is 3. The molecule has 0 aromatic heterocycles. The van der Waals surface area contributed by atoms with Crippen molar-refractivity contribution in [3.05, 3.63) is 29.8 Å². The number of hydrogen-bond donors (Lipinski definition) is 1. The van der Waals surface area contributed by atoms with Gasteiger partial charge in [-0.1, -0.05) is 0 Å². The molecular formula is C10H8F2N2O2. The van der Waals surface area contributed by atoms with Crippen LogP contribution in [0.5, 0.6) is 5.75 Å². The van der Waals surface area contributed by atoms with Crippen LogP contribution >= 0.6 is 0 Å². The second kappa shape index (κ2) is 5.66. The smallest absolute Gasteiger partial charge is 0.410 e.